The van der Waals surface area contributed by atoms with Crippen LogP contribution in [-0.2, 0) is 9.53 Å². The Morgan fingerprint density at radius 2 is 1.86 bits per heavy atom. The van der Waals surface area contributed by atoms with Crippen LogP contribution in [0.15, 0.2) is 30.5 Å². The Kier molecular flexibility index (Phi) is 5.82. The van der Waals surface area contributed by atoms with Crippen LogP contribution in [0, 0.1) is 24.0 Å². The van der Waals surface area contributed by atoms with E-state index in [1.165, 1.54) is 6.07 Å². The third-order valence-electron chi connectivity index (χ3n) is 8.70. The molecule has 0 unspecified atom stereocenters. The van der Waals surface area contributed by atoms with Gasteiger partial charge in [-0.05, 0) is 93.7 Å². The summed E-state index contributed by atoms with van der Waals surface area (Å²) in [6.45, 7) is 4.80. The van der Waals surface area contributed by atoms with Gasteiger partial charge in [-0.1, -0.05) is 0 Å². The SMILES string of the molecule is Cc1cc(-n2c(C3CCOCC3)c(C3CCC(C)(C(=O)O)CC3)c3c(F)c4[nH]ncc4cc32)ccc1F. The Balaban J connectivity index is 1.65. The number of nitrogens with zero attached hydrogens (tertiary/aromatic N) is 2. The minimum Gasteiger partial charge on any atom is -0.481 e. The number of H-pyrrole nitrogens is 1. The molecule has 4 aromatic rings. The van der Waals surface area contributed by atoms with Crippen molar-refractivity contribution in [3.8, 4) is 5.69 Å². The molecule has 37 heavy (non-hydrogen) atoms. The normalized spacial score (nSPS) is 23.2. The number of halogens is 2. The molecule has 0 amide bonds. The molecule has 8 heteroatoms. The van der Waals surface area contributed by atoms with Gasteiger partial charge in [-0.3, -0.25) is 9.89 Å². The van der Waals surface area contributed by atoms with E-state index in [-0.39, 0.29) is 23.5 Å². The van der Waals surface area contributed by atoms with E-state index in [2.05, 4.69) is 14.8 Å². The zero-order chi connectivity index (χ0) is 25.9. The van der Waals surface area contributed by atoms with E-state index in [4.69, 9.17) is 4.74 Å². The predicted octanol–water partition coefficient (Wildman–Crippen LogP) is 6.74. The van der Waals surface area contributed by atoms with E-state index in [0.717, 1.165) is 35.3 Å². The number of ether oxygens (including phenoxy) is 1. The third kappa shape index (κ3) is 3.84. The quantitative estimate of drug-likeness (QED) is 0.321. The lowest BCUT2D eigenvalue weighted by Gasteiger charge is -2.35. The molecule has 2 aromatic heterocycles. The second-order valence-corrected chi connectivity index (χ2v) is 11.0. The fourth-order valence-electron chi connectivity index (χ4n) is 6.44. The summed E-state index contributed by atoms with van der Waals surface area (Å²) in [4.78, 5) is 11.9. The molecule has 2 aromatic carbocycles. The van der Waals surface area contributed by atoms with Gasteiger partial charge in [0.2, 0.25) is 0 Å². The van der Waals surface area contributed by atoms with Crippen molar-refractivity contribution >= 4 is 27.8 Å². The molecule has 2 N–H and O–H groups in total. The van der Waals surface area contributed by atoms with E-state index in [0.29, 0.717) is 60.7 Å². The Morgan fingerprint density at radius 1 is 1.14 bits per heavy atom. The van der Waals surface area contributed by atoms with E-state index in [9.17, 15) is 14.3 Å². The average molecular weight is 508 g/mol. The van der Waals surface area contributed by atoms with Crippen molar-refractivity contribution in [2.24, 2.45) is 5.41 Å². The molecule has 1 aliphatic carbocycles. The van der Waals surface area contributed by atoms with Gasteiger partial charge in [-0.25, -0.2) is 8.78 Å². The van der Waals surface area contributed by atoms with Crippen molar-refractivity contribution in [3.63, 3.8) is 0 Å². The molecule has 2 aliphatic rings. The van der Waals surface area contributed by atoms with Crippen molar-refractivity contribution in [1.29, 1.82) is 0 Å². The largest absolute Gasteiger partial charge is 0.481 e. The van der Waals surface area contributed by atoms with Crippen LogP contribution in [0.25, 0.3) is 27.5 Å². The highest BCUT2D eigenvalue weighted by molar-refractivity contribution is 6.00. The fraction of sp³-hybridized carbons (Fsp3) is 0.448. The van der Waals surface area contributed by atoms with Gasteiger partial charge in [0, 0.05) is 41.3 Å². The molecule has 1 saturated heterocycles. The van der Waals surface area contributed by atoms with Crippen molar-refractivity contribution in [1.82, 2.24) is 14.8 Å². The molecule has 0 spiro atoms. The number of aliphatic carboxylic acids is 1. The van der Waals surface area contributed by atoms with Gasteiger partial charge < -0.3 is 14.4 Å². The van der Waals surface area contributed by atoms with Gasteiger partial charge >= 0.3 is 5.97 Å². The second-order valence-electron chi connectivity index (χ2n) is 11.0. The summed E-state index contributed by atoms with van der Waals surface area (Å²) in [5.41, 5.74) is 3.67. The highest BCUT2D eigenvalue weighted by atomic mass is 19.1. The molecule has 0 atom stereocenters. The molecule has 0 bridgehead atoms. The first kappa shape index (κ1) is 24.1. The highest BCUT2D eigenvalue weighted by Crippen LogP contribution is 2.50. The summed E-state index contributed by atoms with van der Waals surface area (Å²) >= 11 is 0. The van der Waals surface area contributed by atoms with Gasteiger partial charge in [0.25, 0.3) is 0 Å². The number of aryl methyl sites for hydroxylation is 1. The summed E-state index contributed by atoms with van der Waals surface area (Å²) in [6.07, 6.45) is 5.65. The lowest BCUT2D eigenvalue weighted by molar-refractivity contribution is -0.149. The van der Waals surface area contributed by atoms with Crippen molar-refractivity contribution in [2.75, 3.05) is 13.2 Å². The van der Waals surface area contributed by atoms with Crippen LogP contribution in [0.4, 0.5) is 8.78 Å². The second kappa shape index (κ2) is 8.94. The number of hydrogen-bond acceptors (Lipinski definition) is 3. The average Bonchev–Trinajstić information content (AvgIpc) is 3.50. The number of rotatable bonds is 4. The van der Waals surface area contributed by atoms with Gasteiger partial charge in [0.1, 0.15) is 11.3 Å². The predicted molar refractivity (Wildman–Crippen MR) is 137 cm³/mol. The summed E-state index contributed by atoms with van der Waals surface area (Å²) in [5, 5.41) is 17.9. The van der Waals surface area contributed by atoms with Crippen molar-refractivity contribution in [2.45, 2.75) is 64.2 Å². The lowest BCUT2D eigenvalue weighted by Crippen LogP contribution is -2.32. The summed E-state index contributed by atoms with van der Waals surface area (Å²) in [5.74, 6) is -1.23. The summed E-state index contributed by atoms with van der Waals surface area (Å²) in [6, 6.07) is 7.01. The first-order valence-corrected chi connectivity index (χ1v) is 13.1. The zero-order valence-electron chi connectivity index (χ0n) is 21.1. The van der Waals surface area contributed by atoms with Crippen LogP contribution in [0.3, 0.4) is 0 Å². The monoisotopic (exact) mass is 507 g/mol. The third-order valence-corrected chi connectivity index (χ3v) is 8.70. The molecule has 3 heterocycles. The molecule has 0 radical (unpaired) electrons. The molecule has 2 fully saturated rings. The van der Waals surface area contributed by atoms with E-state index in [1.54, 1.807) is 19.2 Å². The molecule has 1 aliphatic heterocycles. The molecule has 194 valence electrons. The van der Waals surface area contributed by atoms with Crippen LogP contribution in [0.2, 0.25) is 0 Å². The number of carboxylic acid groups (broad SMARTS) is 1. The van der Waals surface area contributed by atoms with Crippen LogP contribution >= 0.6 is 0 Å². The van der Waals surface area contributed by atoms with E-state index in [1.807, 2.05) is 19.1 Å². The van der Waals surface area contributed by atoms with Gasteiger partial charge in [0.15, 0.2) is 5.82 Å². The lowest BCUT2D eigenvalue weighted by atomic mass is 9.69. The summed E-state index contributed by atoms with van der Waals surface area (Å²) in [7, 11) is 0. The number of hydrogen-bond donors (Lipinski definition) is 2. The number of nitrogens with one attached hydrogen (secondary N) is 1. The van der Waals surface area contributed by atoms with Crippen molar-refractivity contribution in [3.05, 3.63) is 58.9 Å². The number of aromatic amines is 1. The maximum absolute atomic E-state index is 16.4. The zero-order valence-corrected chi connectivity index (χ0v) is 21.1. The topological polar surface area (TPSA) is 80.1 Å². The van der Waals surface area contributed by atoms with Gasteiger partial charge in [-0.15, -0.1) is 0 Å². The Bertz CT molecular complexity index is 1510. The minimum atomic E-state index is -0.773. The Morgan fingerprint density at radius 3 is 2.54 bits per heavy atom. The standard InChI is InChI=1S/C29H31F2N3O3/c1-16-13-20(3-4-21(16)30)34-22-14-19-15-32-33-26(19)25(31)24(22)23(27(34)18-7-11-37-12-8-18)17-5-9-29(2,10-6-17)28(35)36/h3-4,13-15,17-18H,5-12H2,1-2H3,(H,32,33)(H,35,36). The number of aromatic nitrogens is 3. The number of carbonyl (C=O) groups is 1. The Hall–Kier alpha value is -3.26. The number of carboxylic acids is 1. The molecule has 6 rings (SSSR count). The summed E-state index contributed by atoms with van der Waals surface area (Å²) < 4.78 is 38.4. The molecule has 1 saturated carbocycles. The minimum absolute atomic E-state index is 0.0189. The molecular formula is C29H31F2N3O3. The van der Waals surface area contributed by atoms with Crippen LogP contribution in [-0.4, -0.2) is 39.1 Å². The van der Waals surface area contributed by atoms with Crippen molar-refractivity contribution < 1.29 is 23.4 Å². The van der Waals surface area contributed by atoms with E-state index >= 15 is 4.39 Å². The molecular weight excluding hydrogens is 476 g/mol. The Labute approximate surface area is 213 Å². The van der Waals surface area contributed by atoms with Crippen LogP contribution < -0.4 is 0 Å². The number of fused-ring (bicyclic) bond motifs is 2. The van der Waals surface area contributed by atoms with Gasteiger partial charge in [-0.2, -0.15) is 5.10 Å². The first-order chi connectivity index (χ1) is 17.8. The maximum Gasteiger partial charge on any atom is 0.309 e. The van der Waals surface area contributed by atoms with Gasteiger partial charge in [0.05, 0.1) is 17.1 Å². The fourth-order valence-corrected chi connectivity index (χ4v) is 6.44. The smallest absolute Gasteiger partial charge is 0.309 e. The van der Waals surface area contributed by atoms with Crippen LogP contribution in [0.5, 0.6) is 0 Å². The highest BCUT2D eigenvalue weighted by Gasteiger charge is 2.41. The number of benzene rings is 2. The maximum atomic E-state index is 16.4. The first-order valence-electron chi connectivity index (χ1n) is 13.1. The van der Waals surface area contributed by atoms with Crippen LogP contribution in [0.1, 0.15) is 74.1 Å². The molecule has 6 nitrogen and oxygen atoms in total. The van der Waals surface area contributed by atoms with E-state index < -0.39 is 11.4 Å².